The first-order chi connectivity index (χ1) is 16.2. The average Bonchev–Trinajstić information content (AvgIpc) is 3.07. The van der Waals surface area contributed by atoms with Gasteiger partial charge in [0.2, 0.25) is 11.8 Å². The molecule has 10 heteroatoms. The van der Waals surface area contributed by atoms with E-state index in [4.69, 9.17) is 4.74 Å². The van der Waals surface area contributed by atoms with Gasteiger partial charge in [0.15, 0.2) is 6.61 Å². The number of esters is 1. The van der Waals surface area contributed by atoms with E-state index in [2.05, 4.69) is 12.2 Å². The van der Waals surface area contributed by atoms with Gasteiger partial charge in [0.25, 0.3) is 11.6 Å². The topological polar surface area (TPSA) is 136 Å². The van der Waals surface area contributed by atoms with E-state index in [1.165, 1.54) is 53.4 Å². The maximum atomic E-state index is 12.8. The number of nitro benzene ring substituents is 1. The number of fused-ring (bicyclic) bond motifs is 1. The third kappa shape index (κ3) is 4.66. The highest BCUT2D eigenvalue weighted by Gasteiger charge is 2.49. The number of benzene rings is 2. The minimum absolute atomic E-state index is 0.150. The van der Waals surface area contributed by atoms with Crippen LogP contribution in [-0.2, 0) is 19.1 Å². The predicted octanol–water partition coefficient (Wildman–Crippen LogP) is 3.32. The standard InChI is InChI=1S/C24H23N3O7/c1-14-5-10-19-20(11-14)23(30)26(22(19)29)17-8-6-15(7-9-17)24(31)34-13-21(28)25-16-3-2-4-18(12-16)27(32)33/h2-4,6-9,12,14,19-20H,5,10-11,13H2,1H3,(H,25,28)/t14-,19-,20-/m1/s1. The lowest BCUT2D eigenvalue weighted by atomic mass is 9.76. The van der Waals surface area contributed by atoms with Crippen molar-refractivity contribution in [3.05, 3.63) is 64.2 Å². The molecule has 1 saturated carbocycles. The number of ether oxygens (including phenoxy) is 1. The maximum Gasteiger partial charge on any atom is 0.338 e. The van der Waals surface area contributed by atoms with E-state index in [1.54, 1.807) is 0 Å². The zero-order valence-corrected chi connectivity index (χ0v) is 18.4. The highest BCUT2D eigenvalue weighted by molar-refractivity contribution is 6.22. The number of nitro groups is 1. The number of carbonyl (C=O) groups excluding carboxylic acids is 4. The monoisotopic (exact) mass is 465 g/mol. The van der Waals surface area contributed by atoms with Crippen molar-refractivity contribution in [3.63, 3.8) is 0 Å². The van der Waals surface area contributed by atoms with E-state index < -0.39 is 23.4 Å². The van der Waals surface area contributed by atoms with Gasteiger partial charge in [0, 0.05) is 17.8 Å². The zero-order valence-electron chi connectivity index (χ0n) is 18.4. The molecular weight excluding hydrogens is 442 g/mol. The lowest BCUT2D eigenvalue weighted by Crippen LogP contribution is -2.30. The maximum absolute atomic E-state index is 12.8. The van der Waals surface area contributed by atoms with Crippen LogP contribution in [0.25, 0.3) is 0 Å². The molecule has 4 rings (SSSR count). The van der Waals surface area contributed by atoms with Crippen molar-refractivity contribution in [2.75, 3.05) is 16.8 Å². The van der Waals surface area contributed by atoms with Gasteiger partial charge < -0.3 is 10.1 Å². The first-order valence-electron chi connectivity index (χ1n) is 10.9. The number of hydrogen-bond donors (Lipinski definition) is 1. The summed E-state index contributed by atoms with van der Waals surface area (Å²) in [5, 5.41) is 13.2. The molecule has 2 aromatic carbocycles. The van der Waals surface area contributed by atoms with Crippen LogP contribution < -0.4 is 10.2 Å². The Hall–Kier alpha value is -4.08. The van der Waals surface area contributed by atoms with Gasteiger partial charge >= 0.3 is 5.97 Å². The summed E-state index contributed by atoms with van der Waals surface area (Å²) in [6.45, 7) is 1.49. The molecule has 10 nitrogen and oxygen atoms in total. The molecule has 34 heavy (non-hydrogen) atoms. The molecule has 176 valence electrons. The first-order valence-corrected chi connectivity index (χ1v) is 10.9. The summed E-state index contributed by atoms with van der Waals surface area (Å²) in [4.78, 5) is 61.4. The van der Waals surface area contributed by atoms with E-state index in [0.717, 1.165) is 6.42 Å². The van der Waals surface area contributed by atoms with Crippen LogP contribution in [0, 0.1) is 27.9 Å². The Morgan fingerprint density at radius 2 is 1.79 bits per heavy atom. The lowest BCUT2D eigenvalue weighted by Gasteiger charge is -2.25. The molecule has 3 amide bonds. The summed E-state index contributed by atoms with van der Waals surface area (Å²) in [7, 11) is 0. The van der Waals surface area contributed by atoms with Crippen molar-refractivity contribution in [3.8, 4) is 0 Å². The van der Waals surface area contributed by atoms with Crippen molar-refractivity contribution in [2.45, 2.75) is 26.2 Å². The van der Waals surface area contributed by atoms with Crippen LogP contribution in [0.5, 0.6) is 0 Å². The molecular formula is C24H23N3O7. The van der Waals surface area contributed by atoms with Crippen LogP contribution in [-0.4, -0.2) is 35.2 Å². The van der Waals surface area contributed by atoms with E-state index in [-0.39, 0.29) is 40.6 Å². The average molecular weight is 465 g/mol. The SMILES string of the molecule is C[C@@H]1CC[C@H]2C(=O)N(c3ccc(C(=O)OCC(=O)Nc4cccc([N+](=O)[O-])c4)cc3)C(=O)[C@@H]2C1. The zero-order chi connectivity index (χ0) is 24.4. The van der Waals surface area contributed by atoms with Crippen LogP contribution in [0.2, 0.25) is 0 Å². The molecule has 3 atom stereocenters. The molecule has 0 radical (unpaired) electrons. The number of hydrogen-bond acceptors (Lipinski definition) is 7. The molecule has 1 heterocycles. The molecule has 0 aromatic heterocycles. The van der Waals surface area contributed by atoms with Gasteiger partial charge in [-0.3, -0.25) is 29.4 Å². The van der Waals surface area contributed by atoms with Crippen LogP contribution in [0.3, 0.4) is 0 Å². The number of nitrogens with one attached hydrogen (secondary N) is 1. The fourth-order valence-corrected chi connectivity index (χ4v) is 4.50. The van der Waals surface area contributed by atoms with Crippen molar-refractivity contribution < 1.29 is 28.8 Å². The molecule has 2 aromatic rings. The number of rotatable bonds is 6. The van der Waals surface area contributed by atoms with Gasteiger partial charge in [0.05, 0.1) is 28.0 Å². The van der Waals surface area contributed by atoms with Gasteiger partial charge in [-0.1, -0.05) is 13.0 Å². The van der Waals surface area contributed by atoms with Crippen LogP contribution >= 0.6 is 0 Å². The quantitative estimate of drug-likeness (QED) is 0.299. The van der Waals surface area contributed by atoms with Gasteiger partial charge in [-0.25, -0.2) is 4.79 Å². The number of anilines is 2. The second kappa shape index (κ2) is 9.42. The van der Waals surface area contributed by atoms with Crippen LogP contribution in [0.4, 0.5) is 17.1 Å². The molecule has 0 spiro atoms. The Morgan fingerprint density at radius 1 is 1.09 bits per heavy atom. The van der Waals surface area contributed by atoms with Gasteiger partial charge in [-0.05, 0) is 55.5 Å². The van der Waals surface area contributed by atoms with Crippen molar-refractivity contribution in [2.24, 2.45) is 17.8 Å². The summed E-state index contributed by atoms with van der Waals surface area (Å²) < 4.78 is 5.00. The van der Waals surface area contributed by atoms with Crippen LogP contribution in [0.1, 0.15) is 36.5 Å². The molecule has 2 aliphatic rings. The molecule has 1 saturated heterocycles. The number of carbonyl (C=O) groups is 4. The van der Waals surface area contributed by atoms with Crippen LogP contribution in [0.15, 0.2) is 48.5 Å². The highest BCUT2D eigenvalue weighted by atomic mass is 16.6. The fraction of sp³-hybridized carbons (Fsp3) is 0.333. The smallest absolute Gasteiger partial charge is 0.338 e. The number of nitrogens with zero attached hydrogens (tertiary/aromatic N) is 2. The largest absolute Gasteiger partial charge is 0.452 e. The summed E-state index contributed by atoms with van der Waals surface area (Å²) in [5.41, 5.74) is 0.571. The Bertz CT molecular complexity index is 1160. The molecule has 1 N–H and O–H groups in total. The van der Waals surface area contributed by atoms with E-state index in [0.29, 0.717) is 24.4 Å². The van der Waals surface area contributed by atoms with E-state index in [9.17, 15) is 29.3 Å². The minimum atomic E-state index is -0.762. The van der Waals surface area contributed by atoms with E-state index in [1.807, 2.05) is 0 Å². The molecule has 0 bridgehead atoms. The lowest BCUT2D eigenvalue weighted by molar-refractivity contribution is -0.384. The van der Waals surface area contributed by atoms with Crippen molar-refractivity contribution >= 4 is 40.8 Å². The number of amides is 3. The second-order valence-electron chi connectivity index (χ2n) is 8.62. The summed E-state index contributed by atoms with van der Waals surface area (Å²) in [5.74, 6) is -1.98. The fourth-order valence-electron chi connectivity index (χ4n) is 4.50. The Balaban J connectivity index is 1.35. The molecule has 1 aliphatic heterocycles. The van der Waals surface area contributed by atoms with Gasteiger partial charge in [-0.2, -0.15) is 0 Å². The Labute approximate surface area is 195 Å². The number of imide groups is 1. The number of non-ortho nitro benzene ring substituents is 1. The predicted molar refractivity (Wildman–Crippen MR) is 121 cm³/mol. The van der Waals surface area contributed by atoms with Crippen molar-refractivity contribution in [1.29, 1.82) is 0 Å². The third-order valence-corrected chi connectivity index (χ3v) is 6.22. The Morgan fingerprint density at radius 3 is 2.50 bits per heavy atom. The minimum Gasteiger partial charge on any atom is -0.452 e. The third-order valence-electron chi connectivity index (χ3n) is 6.22. The summed E-state index contributed by atoms with van der Waals surface area (Å²) in [6.07, 6.45) is 2.33. The first kappa shape index (κ1) is 23.1. The molecule has 1 aliphatic carbocycles. The summed E-state index contributed by atoms with van der Waals surface area (Å²) >= 11 is 0. The van der Waals surface area contributed by atoms with Crippen molar-refractivity contribution in [1.82, 2.24) is 0 Å². The Kier molecular flexibility index (Phi) is 6.40. The normalized spacial score (nSPS) is 21.7. The van der Waals surface area contributed by atoms with E-state index >= 15 is 0 Å². The second-order valence-corrected chi connectivity index (χ2v) is 8.62. The van der Waals surface area contributed by atoms with Gasteiger partial charge in [-0.15, -0.1) is 0 Å². The highest BCUT2D eigenvalue weighted by Crippen LogP contribution is 2.42. The molecule has 2 fully saturated rings. The molecule has 0 unspecified atom stereocenters. The van der Waals surface area contributed by atoms with Gasteiger partial charge in [0.1, 0.15) is 0 Å². The summed E-state index contributed by atoms with van der Waals surface area (Å²) in [6, 6.07) is 11.3.